The van der Waals surface area contributed by atoms with Gasteiger partial charge < -0.3 is 5.32 Å². The highest BCUT2D eigenvalue weighted by Gasteiger charge is 2.10. The number of hydrogen-bond acceptors (Lipinski definition) is 4. The highest BCUT2D eigenvalue weighted by atomic mass is 32.1. The molecule has 0 atom stereocenters. The van der Waals surface area contributed by atoms with Gasteiger partial charge in [-0.25, -0.2) is 4.98 Å². The van der Waals surface area contributed by atoms with E-state index in [0.717, 1.165) is 12.8 Å². The average molecular weight is 345 g/mol. The summed E-state index contributed by atoms with van der Waals surface area (Å²) in [5.41, 5.74) is 1.25. The Morgan fingerprint density at radius 3 is 2.67 bits per heavy atom. The average Bonchev–Trinajstić information content (AvgIpc) is 2.99. The Morgan fingerprint density at radius 1 is 1.21 bits per heavy atom. The predicted molar refractivity (Wildman–Crippen MR) is 97.3 cm³/mol. The van der Waals surface area contributed by atoms with Crippen molar-refractivity contribution in [1.29, 1.82) is 0 Å². The van der Waals surface area contributed by atoms with E-state index in [1.54, 1.807) is 17.5 Å². The summed E-state index contributed by atoms with van der Waals surface area (Å²) in [6.07, 6.45) is 2.32. The van der Waals surface area contributed by atoms with Gasteiger partial charge in [0.1, 0.15) is 0 Å². The lowest BCUT2D eigenvalue weighted by Crippen LogP contribution is -2.26. The summed E-state index contributed by atoms with van der Waals surface area (Å²) in [6.45, 7) is 5.03. The van der Waals surface area contributed by atoms with Crippen LogP contribution in [0.5, 0.6) is 0 Å². The molecule has 2 amide bonds. The maximum Gasteiger partial charge on any atom is 0.257 e. The van der Waals surface area contributed by atoms with Crippen LogP contribution in [0.2, 0.25) is 0 Å². The van der Waals surface area contributed by atoms with Crippen molar-refractivity contribution in [2.24, 2.45) is 5.92 Å². The molecule has 1 aromatic carbocycles. The van der Waals surface area contributed by atoms with E-state index in [2.05, 4.69) is 29.5 Å². The Bertz CT molecular complexity index is 668. The summed E-state index contributed by atoms with van der Waals surface area (Å²) in [4.78, 5) is 28.2. The first kappa shape index (κ1) is 18.1. The molecule has 0 bridgehead atoms. The van der Waals surface area contributed by atoms with Crippen LogP contribution in [0.25, 0.3) is 0 Å². The molecule has 0 spiro atoms. The van der Waals surface area contributed by atoms with Gasteiger partial charge in [-0.05, 0) is 30.9 Å². The third-order valence-corrected chi connectivity index (χ3v) is 4.24. The van der Waals surface area contributed by atoms with Gasteiger partial charge >= 0.3 is 0 Å². The molecule has 2 aromatic rings. The third kappa shape index (κ3) is 6.12. The molecule has 0 saturated heterocycles. The number of aromatic nitrogens is 1. The Morgan fingerprint density at radius 2 is 1.96 bits per heavy atom. The van der Waals surface area contributed by atoms with Crippen LogP contribution in [0.4, 0.5) is 5.13 Å². The second-order valence-corrected chi connectivity index (χ2v) is 6.89. The first-order valence-electron chi connectivity index (χ1n) is 8.12. The fourth-order valence-corrected chi connectivity index (χ4v) is 2.87. The number of nitrogens with zero attached hydrogens (tertiary/aromatic N) is 1. The van der Waals surface area contributed by atoms with Gasteiger partial charge in [0.05, 0.1) is 12.1 Å². The summed E-state index contributed by atoms with van der Waals surface area (Å²) in [5.74, 6) is 0.413. The van der Waals surface area contributed by atoms with Crippen LogP contribution in [0.15, 0.2) is 35.7 Å². The quantitative estimate of drug-likeness (QED) is 0.720. The van der Waals surface area contributed by atoms with Gasteiger partial charge in [0.25, 0.3) is 5.91 Å². The van der Waals surface area contributed by atoms with Gasteiger partial charge in [0.15, 0.2) is 5.13 Å². The fourth-order valence-electron chi connectivity index (χ4n) is 2.17. The third-order valence-electron chi connectivity index (χ3n) is 3.43. The number of nitrogens with one attached hydrogen (secondary N) is 2. The van der Waals surface area contributed by atoms with Crippen molar-refractivity contribution in [2.45, 2.75) is 33.1 Å². The number of carbonyl (C=O) groups excluding carboxylic acids is 2. The molecule has 0 aliphatic carbocycles. The van der Waals surface area contributed by atoms with Crippen LogP contribution in [-0.4, -0.2) is 23.3 Å². The zero-order chi connectivity index (χ0) is 17.4. The number of benzene rings is 1. The van der Waals surface area contributed by atoms with E-state index in [-0.39, 0.29) is 18.2 Å². The minimum absolute atomic E-state index is 0.0370. The van der Waals surface area contributed by atoms with Crippen molar-refractivity contribution >= 4 is 28.3 Å². The lowest BCUT2D eigenvalue weighted by molar-refractivity contribution is -0.120. The van der Waals surface area contributed by atoms with Crippen molar-refractivity contribution in [3.8, 4) is 0 Å². The summed E-state index contributed by atoms with van der Waals surface area (Å²) in [5, 5.41) is 7.96. The minimum Gasteiger partial charge on any atom is -0.356 e. The van der Waals surface area contributed by atoms with Gasteiger partial charge in [0, 0.05) is 17.5 Å². The minimum atomic E-state index is -0.199. The van der Waals surface area contributed by atoms with Crippen LogP contribution in [-0.2, 0) is 11.2 Å². The van der Waals surface area contributed by atoms with Crippen LogP contribution >= 0.6 is 11.3 Å². The highest BCUT2D eigenvalue weighted by molar-refractivity contribution is 7.14. The molecular weight excluding hydrogens is 322 g/mol. The maximum absolute atomic E-state index is 12.1. The first-order valence-corrected chi connectivity index (χ1v) is 9.00. The van der Waals surface area contributed by atoms with Crippen molar-refractivity contribution in [2.75, 3.05) is 11.9 Å². The zero-order valence-corrected chi connectivity index (χ0v) is 14.9. The number of thiazole rings is 1. The van der Waals surface area contributed by atoms with E-state index in [1.807, 2.05) is 18.2 Å². The molecule has 6 heteroatoms. The molecule has 0 fully saturated rings. The summed E-state index contributed by atoms with van der Waals surface area (Å²) in [7, 11) is 0. The van der Waals surface area contributed by atoms with Crippen LogP contribution in [0, 0.1) is 5.92 Å². The summed E-state index contributed by atoms with van der Waals surface area (Å²) in [6, 6.07) is 8.97. The van der Waals surface area contributed by atoms with E-state index >= 15 is 0 Å². The van der Waals surface area contributed by atoms with E-state index in [9.17, 15) is 9.59 Å². The Hall–Kier alpha value is -2.21. The monoisotopic (exact) mass is 345 g/mol. The number of amides is 2. The van der Waals surface area contributed by atoms with Crippen LogP contribution in [0.1, 0.15) is 42.7 Å². The zero-order valence-electron chi connectivity index (χ0n) is 14.0. The summed E-state index contributed by atoms with van der Waals surface area (Å²) < 4.78 is 0. The van der Waals surface area contributed by atoms with Crippen molar-refractivity contribution in [3.63, 3.8) is 0 Å². The van der Waals surface area contributed by atoms with E-state index in [1.165, 1.54) is 11.3 Å². The number of rotatable bonds is 8. The SMILES string of the molecule is CC(C)CCCNC(=O)Cc1csc(NC(=O)c2ccccc2)n1. The van der Waals surface area contributed by atoms with Crippen LogP contribution < -0.4 is 10.6 Å². The molecular formula is C18H23N3O2S. The molecule has 0 saturated carbocycles. The van der Waals surface area contributed by atoms with Crippen molar-refractivity contribution in [1.82, 2.24) is 10.3 Å². The Labute approximate surface area is 146 Å². The predicted octanol–water partition coefficient (Wildman–Crippen LogP) is 3.49. The lowest BCUT2D eigenvalue weighted by Gasteiger charge is -2.06. The number of anilines is 1. The molecule has 1 heterocycles. The molecule has 0 unspecified atom stereocenters. The normalized spacial score (nSPS) is 10.6. The maximum atomic E-state index is 12.1. The molecule has 0 aliphatic rings. The summed E-state index contributed by atoms with van der Waals surface area (Å²) >= 11 is 1.32. The standard InChI is InChI=1S/C18H23N3O2S/c1-13(2)7-6-10-19-16(22)11-15-12-24-18(20-15)21-17(23)14-8-4-3-5-9-14/h3-5,8-9,12-13H,6-7,10-11H2,1-2H3,(H,19,22)(H,20,21,23). The fraction of sp³-hybridized carbons (Fsp3) is 0.389. The molecule has 0 aliphatic heterocycles. The Balaban J connectivity index is 1.78. The second-order valence-electron chi connectivity index (χ2n) is 6.03. The Kier molecular flexibility index (Phi) is 6.93. The van der Waals surface area contributed by atoms with Gasteiger partial charge in [-0.15, -0.1) is 11.3 Å². The largest absolute Gasteiger partial charge is 0.356 e. The smallest absolute Gasteiger partial charge is 0.257 e. The van der Waals surface area contributed by atoms with Gasteiger partial charge in [-0.3, -0.25) is 14.9 Å². The number of carbonyl (C=O) groups is 2. The molecule has 128 valence electrons. The van der Waals surface area contributed by atoms with Gasteiger partial charge in [0.2, 0.25) is 5.91 Å². The molecule has 0 radical (unpaired) electrons. The van der Waals surface area contributed by atoms with Gasteiger partial charge in [-0.1, -0.05) is 32.0 Å². The lowest BCUT2D eigenvalue weighted by atomic mass is 10.1. The van der Waals surface area contributed by atoms with Crippen molar-refractivity contribution in [3.05, 3.63) is 47.0 Å². The molecule has 5 nitrogen and oxygen atoms in total. The molecule has 2 rings (SSSR count). The van der Waals surface area contributed by atoms with Crippen LogP contribution in [0.3, 0.4) is 0 Å². The van der Waals surface area contributed by atoms with E-state index in [4.69, 9.17) is 0 Å². The van der Waals surface area contributed by atoms with E-state index in [0.29, 0.717) is 28.9 Å². The highest BCUT2D eigenvalue weighted by Crippen LogP contribution is 2.17. The van der Waals surface area contributed by atoms with E-state index < -0.39 is 0 Å². The first-order chi connectivity index (χ1) is 11.5. The van der Waals surface area contributed by atoms with Gasteiger partial charge in [-0.2, -0.15) is 0 Å². The van der Waals surface area contributed by atoms with Crippen molar-refractivity contribution < 1.29 is 9.59 Å². The topological polar surface area (TPSA) is 71.1 Å². The molecule has 1 aromatic heterocycles. The number of hydrogen-bond donors (Lipinski definition) is 2. The second kappa shape index (κ2) is 9.17. The molecule has 24 heavy (non-hydrogen) atoms. The molecule has 2 N–H and O–H groups in total.